The van der Waals surface area contributed by atoms with Gasteiger partial charge in [0.15, 0.2) is 0 Å². The van der Waals surface area contributed by atoms with E-state index in [1.807, 2.05) is 30.3 Å². The van der Waals surface area contributed by atoms with Gasteiger partial charge in [0.25, 0.3) is 0 Å². The summed E-state index contributed by atoms with van der Waals surface area (Å²) >= 11 is 0. The van der Waals surface area contributed by atoms with Gasteiger partial charge in [-0.1, -0.05) is 49.4 Å². The van der Waals surface area contributed by atoms with E-state index in [0.29, 0.717) is 6.42 Å². The quantitative estimate of drug-likeness (QED) is 0.270. The Kier molecular flexibility index (Phi) is 12.5. The van der Waals surface area contributed by atoms with Gasteiger partial charge in [0.2, 0.25) is 11.8 Å². The maximum Gasteiger partial charge on any atom is 0.408 e. The number of amides is 3. The third-order valence-corrected chi connectivity index (χ3v) is 5.96. The van der Waals surface area contributed by atoms with Crippen LogP contribution in [0.4, 0.5) is 4.79 Å². The van der Waals surface area contributed by atoms with Gasteiger partial charge in [-0.05, 0) is 71.2 Å². The molecule has 0 aliphatic carbocycles. The normalized spacial score (nSPS) is 13.7. The summed E-state index contributed by atoms with van der Waals surface area (Å²) in [5.41, 5.74) is -0.644. The first-order chi connectivity index (χ1) is 20.0. The molecule has 11 heteroatoms. The minimum Gasteiger partial charge on any atom is -0.508 e. The Morgan fingerprint density at radius 1 is 0.860 bits per heavy atom. The number of hydrogen-bond acceptors (Lipinski definition) is 8. The predicted molar refractivity (Wildman–Crippen MR) is 161 cm³/mol. The van der Waals surface area contributed by atoms with Crippen LogP contribution >= 0.6 is 0 Å². The summed E-state index contributed by atoms with van der Waals surface area (Å²) < 4.78 is 10.9. The van der Waals surface area contributed by atoms with Crippen LogP contribution in [0.3, 0.4) is 0 Å². The molecule has 0 radical (unpaired) electrons. The van der Waals surface area contributed by atoms with E-state index in [2.05, 4.69) is 10.6 Å². The van der Waals surface area contributed by atoms with Gasteiger partial charge >= 0.3 is 12.1 Å². The van der Waals surface area contributed by atoms with Gasteiger partial charge < -0.3 is 35.2 Å². The van der Waals surface area contributed by atoms with Crippen LogP contribution in [0.25, 0.3) is 0 Å². The lowest BCUT2D eigenvalue weighted by molar-refractivity contribution is -0.159. The van der Waals surface area contributed by atoms with E-state index in [1.54, 1.807) is 54.5 Å². The second-order valence-corrected chi connectivity index (χ2v) is 12.2. The molecule has 11 nitrogen and oxygen atoms in total. The van der Waals surface area contributed by atoms with Crippen LogP contribution in [0, 0.1) is 0 Å². The number of nitrogens with zero attached hydrogens (tertiary/aromatic N) is 1. The zero-order chi connectivity index (χ0) is 32.4. The van der Waals surface area contributed by atoms with Crippen LogP contribution in [0.5, 0.6) is 5.75 Å². The molecule has 4 N–H and O–H groups in total. The molecule has 43 heavy (non-hydrogen) atoms. The first-order valence-corrected chi connectivity index (χ1v) is 14.3. The molecule has 0 aromatic heterocycles. The van der Waals surface area contributed by atoms with E-state index in [0.717, 1.165) is 5.56 Å². The number of alkyl carbamates (subject to hydrolysis) is 1. The van der Waals surface area contributed by atoms with E-state index >= 15 is 0 Å². The number of carbonyl (C=O) groups excluding carboxylic acids is 4. The van der Waals surface area contributed by atoms with Crippen LogP contribution in [0.15, 0.2) is 54.6 Å². The highest BCUT2D eigenvalue weighted by Crippen LogP contribution is 2.26. The Morgan fingerprint density at radius 3 is 2.02 bits per heavy atom. The molecule has 2 aromatic carbocycles. The van der Waals surface area contributed by atoms with Gasteiger partial charge in [-0.15, -0.1) is 0 Å². The highest BCUT2D eigenvalue weighted by atomic mass is 16.6. The first kappa shape index (κ1) is 35.1. The Hall–Kier alpha value is -4.12. The van der Waals surface area contributed by atoms with E-state index in [1.165, 1.54) is 23.1 Å². The molecule has 3 atom stereocenters. The first-order valence-electron chi connectivity index (χ1n) is 14.3. The topological polar surface area (TPSA) is 154 Å². The Balaban J connectivity index is 2.52. The smallest absolute Gasteiger partial charge is 0.408 e. The minimum atomic E-state index is -1.43. The van der Waals surface area contributed by atoms with Crippen molar-refractivity contribution in [3.05, 3.63) is 65.7 Å². The maximum atomic E-state index is 14.1. The average Bonchev–Trinajstić information content (AvgIpc) is 2.89. The summed E-state index contributed by atoms with van der Waals surface area (Å²) in [6, 6.07) is 11.1. The Bertz CT molecular complexity index is 1240. The molecule has 0 saturated carbocycles. The van der Waals surface area contributed by atoms with Crippen LogP contribution in [-0.4, -0.2) is 75.4 Å². The lowest BCUT2D eigenvalue weighted by atomic mass is 10.0. The number of aromatic hydroxyl groups is 1. The number of carbonyl (C=O) groups is 4. The highest BCUT2D eigenvalue weighted by Gasteiger charge is 2.38. The van der Waals surface area contributed by atoms with Gasteiger partial charge in [-0.25, -0.2) is 9.59 Å². The summed E-state index contributed by atoms with van der Waals surface area (Å²) in [5, 5.41) is 25.5. The number of esters is 1. The van der Waals surface area contributed by atoms with Crippen molar-refractivity contribution in [3.63, 3.8) is 0 Å². The zero-order valence-electron chi connectivity index (χ0n) is 26.0. The SMILES string of the molecule is CCCN(C(=O)C(CO)NC(=O)OC(C)(C)C)C(C(=O)NC(Cc1ccccc1)C(=O)OC(C)(C)C)c1cccc(O)c1. The largest absolute Gasteiger partial charge is 0.508 e. The Morgan fingerprint density at radius 2 is 1.49 bits per heavy atom. The summed E-state index contributed by atoms with van der Waals surface area (Å²) in [6.07, 6.45) is -0.379. The average molecular weight is 600 g/mol. The molecule has 0 saturated heterocycles. The fourth-order valence-electron chi connectivity index (χ4n) is 4.28. The number of hydrogen-bond donors (Lipinski definition) is 4. The van der Waals surface area contributed by atoms with Crippen molar-refractivity contribution in [3.8, 4) is 5.75 Å². The van der Waals surface area contributed by atoms with Crippen molar-refractivity contribution < 1.29 is 38.9 Å². The highest BCUT2D eigenvalue weighted by molar-refractivity contribution is 5.94. The standard InChI is InChI=1S/C32H45N3O8/c1-8-17-35(28(39)25(20-36)34-30(41)43-32(5,6)7)26(22-15-12-16-23(37)19-22)27(38)33-24(29(40)42-31(2,3)4)18-21-13-10-9-11-14-21/h9-16,19,24-26,36-37H,8,17-18,20H2,1-7H3,(H,33,38)(H,34,41). The maximum absolute atomic E-state index is 14.1. The van der Waals surface area contributed by atoms with Crippen molar-refractivity contribution in [2.75, 3.05) is 13.2 Å². The molecule has 236 valence electrons. The summed E-state index contributed by atoms with van der Waals surface area (Å²) in [6.45, 7) is 11.2. The molecule has 0 spiro atoms. The lowest BCUT2D eigenvalue weighted by Gasteiger charge is -2.35. The molecule has 0 bridgehead atoms. The molecular formula is C32H45N3O8. The Labute approximate surface area is 253 Å². The summed E-state index contributed by atoms with van der Waals surface area (Å²) in [5.74, 6) is -2.27. The number of aliphatic hydroxyl groups is 1. The van der Waals surface area contributed by atoms with Crippen LogP contribution in [0.2, 0.25) is 0 Å². The zero-order valence-corrected chi connectivity index (χ0v) is 26.0. The number of phenols is 1. The molecule has 2 rings (SSSR count). The van der Waals surface area contributed by atoms with Crippen molar-refractivity contribution in [2.45, 2.75) is 90.6 Å². The fraction of sp³-hybridized carbons (Fsp3) is 0.500. The second kappa shape index (κ2) is 15.4. The fourth-order valence-corrected chi connectivity index (χ4v) is 4.28. The molecule has 0 fully saturated rings. The van der Waals surface area contributed by atoms with E-state index in [-0.39, 0.29) is 24.3 Å². The van der Waals surface area contributed by atoms with Gasteiger partial charge in [0.05, 0.1) is 6.61 Å². The van der Waals surface area contributed by atoms with Gasteiger partial charge in [-0.2, -0.15) is 0 Å². The van der Waals surface area contributed by atoms with Crippen molar-refractivity contribution in [1.29, 1.82) is 0 Å². The monoisotopic (exact) mass is 599 g/mol. The van der Waals surface area contributed by atoms with Crippen LogP contribution in [0.1, 0.15) is 72.1 Å². The van der Waals surface area contributed by atoms with Crippen LogP contribution < -0.4 is 10.6 Å². The molecule has 3 unspecified atom stereocenters. The van der Waals surface area contributed by atoms with E-state index in [4.69, 9.17) is 9.47 Å². The molecule has 0 aliphatic heterocycles. The summed E-state index contributed by atoms with van der Waals surface area (Å²) in [7, 11) is 0. The molecule has 0 heterocycles. The van der Waals surface area contributed by atoms with Crippen molar-refractivity contribution in [2.24, 2.45) is 0 Å². The van der Waals surface area contributed by atoms with Crippen molar-refractivity contribution in [1.82, 2.24) is 15.5 Å². The predicted octanol–water partition coefficient (Wildman–Crippen LogP) is 3.63. The number of rotatable bonds is 12. The number of benzene rings is 2. The lowest BCUT2D eigenvalue weighted by Crippen LogP contribution is -2.56. The number of aliphatic hydroxyl groups excluding tert-OH is 1. The molecule has 3 amide bonds. The third-order valence-electron chi connectivity index (χ3n) is 5.96. The number of ether oxygens (including phenoxy) is 2. The van der Waals surface area contributed by atoms with Crippen LogP contribution in [-0.2, 0) is 30.3 Å². The van der Waals surface area contributed by atoms with Gasteiger partial charge in [-0.3, -0.25) is 9.59 Å². The second-order valence-electron chi connectivity index (χ2n) is 12.2. The summed E-state index contributed by atoms with van der Waals surface area (Å²) in [4.78, 5) is 54.9. The molecular weight excluding hydrogens is 554 g/mol. The molecule has 2 aromatic rings. The molecule has 0 aliphatic rings. The van der Waals surface area contributed by atoms with Gasteiger partial charge in [0, 0.05) is 13.0 Å². The number of nitrogens with one attached hydrogen (secondary N) is 2. The van der Waals surface area contributed by atoms with E-state index < -0.39 is 59.8 Å². The van der Waals surface area contributed by atoms with Crippen molar-refractivity contribution >= 4 is 23.9 Å². The van der Waals surface area contributed by atoms with E-state index in [9.17, 15) is 29.4 Å². The third kappa shape index (κ3) is 11.6. The van der Waals surface area contributed by atoms with Gasteiger partial charge in [0.1, 0.15) is 35.1 Å². The minimum absolute atomic E-state index is 0.0505. The number of phenolic OH excluding ortho intramolecular Hbond substituents is 1.